The molecule has 45 heteroatoms. The molecule has 0 spiro atoms. The number of aliphatic carboxylic acids is 2. The van der Waals surface area contributed by atoms with Crippen LogP contribution in [0, 0.1) is 30.1 Å². The summed E-state index contributed by atoms with van der Waals surface area (Å²) < 4.78 is 69.0. The summed E-state index contributed by atoms with van der Waals surface area (Å²) in [6.45, 7) is 20.0. The van der Waals surface area contributed by atoms with Crippen LogP contribution in [0.2, 0.25) is 0 Å². The van der Waals surface area contributed by atoms with Crippen LogP contribution in [-0.2, 0) is 78.3 Å². The van der Waals surface area contributed by atoms with E-state index in [1.54, 1.807) is 88.3 Å². The Balaban J connectivity index is 0.00000437. The minimum atomic E-state index is -5.08. The van der Waals surface area contributed by atoms with Gasteiger partial charge in [-0.3, -0.25) is 67.5 Å². The molecule has 15 atom stereocenters. The van der Waals surface area contributed by atoms with Crippen molar-refractivity contribution < 1.29 is 134 Å². The Morgan fingerprint density at radius 1 is 0.612 bits per heavy atom. The predicted molar refractivity (Wildman–Crippen MR) is 399 cm³/mol. The van der Waals surface area contributed by atoms with E-state index in [-0.39, 0.29) is 55.9 Å². The Morgan fingerprint density at radius 3 is 1.60 bits per heavy atom. The Kier molecular flexibility index (Phi) is 41.8. The van der Waals surface area contributed by atoms with Crippen LogP contribution >= 0.6 is 0 Å². The first kappa shape index (κ1) is 103. The van der Waals surface area contributed by atoms with Crippen molar-refractivity contribution in [3.8, 4) is 0 Å². The SMILES string of the molecule is CC[C@H](C)[C@@H]1NC(=O)[C@@H](CCCN=C(N)N)NC(=O)[C@H](CC(C)C)NC(=O)[C@H]([C@H](O)C(C)C)NC(=O)[C@@H](NC(=O)[C@H](Cc2cccc(C)n2)NC(=O)[C@@H](CC(C)(C)C)NC(=O)OC(C)(C)C)[C@@H](c2ccccc2)NC(=O)[C@H](CO)NC(=O)[C@H]([C@H](O)C(N)=O)NC(=O)CNC(=O)[C@H]([C@H](C)O)NC1=O.O=C(O)C(F)(F)F.O=C(O)C(F)(F)F. The zero-order chi connectivity index (χ0) is 89.4. The van der Waals surface area contributed by atoms with Gasteiger partial charge >= 0.3 is 30.4 Å². The fraction of sp³-hybridized carbons (Fsp3) is 0.620. The molecule has 39 nitrogen and oxygen atoms in total. The molecule has 0 unspecified atom stereocenters. The summed E-state index contributed by atoms with van der Waals surface area (Å²) in [7, 11) is 0. The van der Waals surface area contributed by atoms with Crippen LogP contribution in [0.15, 0.2) is 53.5 Å². The number of amides is 13. The van der Waals surface area contributed by atoms with Gasteiger partial charge in [-0.05, 0) is 101 Å². The molecule has 0 bridgehead atoms. The highest BCUT2D eigenvalue weighted by molar-refractivity contribution is 6.01. The summed E-state index contributed by atoms with van der Waals surface area (Å²) in [5.41, 5.74) is 15.5. The highest BCUT2D eigenvalue weighted by atomic mass is 19.4. The smallest absolute Gasteiger partial charge is 0.475 e. The number of carbonyl (C=O) groups excluding carboxylic acids is 13. The molecule has 1 aliphatic rings. The first-order valence-electron chi connectivity index (χ1n) is 36.2. The largest absolute Gasteiger partial charge is 0.490 e. The van der Waals surface area contributed by atoms with Crippen LogP contribution in [-0.4, -0.2) is 247 Å². The van der Waals surface area contributed by atoms with Crippen molar-refractivity contribution in [2.45, 2.75) is 238 Å². The number of alkyl carbamates (subject to hydrolysis) is 1. The second-order valence-electron chi connectivity index (χ2n) is 29.9. The average molecular weight is 1670 g/mol. The van der Waals surface area contributed by atoms with E-state index in [0.717, 1.165) is 6.92 Å². The van der Waals surface area contributed by atoms with E-state index in [4.69, 9.17) is 41.7 Å². The molecule has 3 rings (SSSR count). The number of rotatable bonds is 23. The van der Waals surface area contributed by atoms with Gasteiger partial charge in [-0.25, -0.2) is 14.4 Å². The standard InChI is InChI=1S/C67H107N17O18.2C2HF3O2/c1-15-34(6)45-60(97)81-46(36(8)86)59(96)72-30-44(87)79-50(52(89)53(68)90)63(100)77-43(31-85)58(95)82-47(37-22-17-16-18-23-37)48(83-56(93)41(28-38-24-19-21-35(7)73-38)75-57(94)42(29-66(9,10)11)78-65(101)102-67(12,13)14)61(98)84-49(51(88)33(4)5)62(99)76-40(27-32(2)3)55(92)74-39(54(91)80-45)25-20-26-71-64(69)70;2*3-2(4,5)1(6)7/h16-19,21-24,32-34,36,39-43,45-52,85-86,88-89H,15,20,25-31H2,1-14H3,(H2,68,90)(H,72,96)(H,74,92)(H,75,94)(H,76,99)(H,77,100)(H,78,101)(H,79,87)(H,80,91)(H,81,97)(H,82,95)(H,83,93)(H,84,98)(H4,69,70,71);2*(H,6,7)/t34-,36-,39+,40-,41-,42+,43-,45-,46-,47+,48-,49-,50-,51+,52-;;/m0../s1. The number of hydrogen-bond donors (Lipinski definition) is 21. The number of primary amides is 1. The molecule has 0 saturated carbocycles. The van der Waals surface area contributed by atoms with Crippen LogP contribution < -0.4 is 81.0 Å². The van der Waals surface area contributed by atoms with E-state index in [2.05, 4.69) is 68.5 Å². The van der Waals surface area contributed by atoms with Gasteiger partial charge in [0.2, 0.25) is 70.9 Å². The molecule has 2 heterocycles. The van der Waals surface area contributed by atoms with Gasteiger partial charge in [-0.15, -0.1) is 0 Å². The van der Waals surface area contributed by atoms with Crippen LogP contribution in [0.25, 0.3) is 0 Å². The number of aliphatic imine (C=N–C) groups is 1. The summed E-state index contributed by atoms with van der Waals surface area (Å²) in [5, 5.41) is 88.4. The number of nitrogens with two attached hydrogens (primary N) is 3. The molecule has 1 fully saturated rings. The van der Waals surface area contributed by atoms with Gasteiger partial charge < -0.3 is 116 Å². The second-order valence-corrected chi connectivity index (χ2v) is 29.9. The number of aliphatic hydroxyl groups is 4. The molecule has 1 aromatic carbocycles. The molecular formula is C71H109F6N17O22. The van der Waals surface area contributed by atoms with E-state index in [9.17, 15) is 94.7 Å². The fourth-order valence-electron chi connectivity index (χ4n) is 10.5. The van der Waals surface area contributed by atoms with Crippen molar-refractivity contribution in [2.24, 2.45) is 45.4 Å². The lowest BCUT2D eigenvalue weighted by molar-refractivity contribution is -0.193. The number of halogens is 6. The molecule has 2 aromatic rings. The monoisotopic (exact) mass is 1670 g/mol. The van der Waals surface area contributed by atoms with Gasteiger partial charge in [0, 0.05) is 24.4 Å². The molecule has 13 amide bonds. The Hall–Kier alpha value is -11.1. The number of hydrogen-bond acceptors (Lipinski definition) is 22. The zero-order valence-electron chi connectivity index (χ0n) is 66.4. The van der Waals surface area contributed by atoms with Crippen molar-refractivity contribution in [1.82, 2.24) is 68.8 Å². The quantitative estimate of drug-likeness (QED) is 0.0232. The van der Waals surface area contributed by atoms with Crippen LogP contribution in [0.3, 0.4) is 0 Å². The minimum absolute atomic E-state index is 0.0260. The van der Waals surface area contributed by atoms with Crippen LogP contribution in [0.5, 0.6) is 0 Å². The number of alkyl halides is 6. The van der Waals surface area contributed by atoms with E-state index in [1.807, 2.05) is 5.32 Å². The zero-order valence-corrected chi connectivity index (χ0v) is 66.4. The van der Waals surface area contributed by atoms with Gasteiger partial charge in [0.1, 0.15) is 66.0 Å². The Bertz CT molecular complexity index is 3700. The fourth-order valence-corrected chi connectivity index (χ4v) is 10.5. The molecule has 116 heavy (non-hydrogen) atoms. The van der Waals surface area contributed by atoms with Crippen molar-refractivity contribution in [3.63, 3.8) is 0 Å². The lowest BCUT2D eigenvalue weighted by Crippen LogP contribution is -2.65. The molecule has 1 aliphatic heterocycles. The van der Waals surface area contributed by atoms with Crippen molar-refractivity contribution in [2.75, 3.05) is 19.7 Å². The number of pyridine rings is 1. The molecule has 1 saturated heterocycles. The van der Waals surface area contributed by atoms with Gasteiger partial charge in [0.05, 0.1) is 31.4 Å². The van der Waals surface area contributed by atoms with Gasteiger partial charge in [0.15, 0.2) is 12.1 Å². The van der Waals surface area contributed by atoms with Gasteiger partial charge in [0.25, 0.3) is 0 Å². The number of aryl methyl sites for hydroxylation is 1. The number of guanidine groups is 1. The summed E-state index contributed by atoms with van der Waals surface area (Å²) in [4.78, 5) is 213. The number of nitrogens with one attached hydrogen (secondary N) is 12. The maximum Gasteiger partial charge on any atom is 0.490 e. The number of nitrogens with zero attached hydrogens (tertiary/aromatic N) is 2. The maximum atomic E-state index is 15.8. The van der Waals surface area contributed by atoms with Crippen LogP contribution in [0.1, 0.15) is 145 Å². The molecular weight excluding hydrogens is 1560 g/mol. The number of aliphatic hydroxyl groups excluding tert-OH is 4. The number of aromatic nitrogens is 1. The first-order chi connectivity index (χ1) is 53.3. The molecule has 652 valence electrons. The van der Waals surface area contributed by atoms with E-state index in [0.29, 0.717) is 5.69 Å². The molecule has 0 radical (unpaired) electrons. The summed E-state index contributed by atoms with van der Waals surface area (Å²) in [6.07, 6.45) is -17.9. The third-order valence-electron chi connectivity index (χ3n) is 16.5. The Labute approximate surface area is 663 Å². The lowest BCUT2D eigenvalue weighted by atomic mass is 9.87. The average Bonchev–Trinajstić information content (AvgIpc) is 0.814. The van der Waals surface area contributed by atoms with Gasteiger partial charge in [-0.2, -0.15) is 26.3 Å². The third-order valence-corrected chi connectivity index (χ3v) is 16.5. The number of carboxylic acids is 2. The minimum Gasteiger partial charge on any atom is -0.475 e. The summed E-state index contributed by atoms with van der Waals surface area (Å²) in [6, 6.07) is -8.48. The number of carboxylic acid groups (broad SMARTS) is 2. The number of carbonyl (C=O) groups is 15. The third kappa shape index (κ3) is 37.5. The van der Waals surface area contributed by atoms with E-state index >= 15 is 14.4 Å². The molecule has 1 aromatic heterocycles. The normalized spacial score (nSPS) is 21.8. The molecule has 24 N–H and O–H groups in total. The number of benzene rings is 1. The number of ether oxygens (including phenoxy) is 1. The van der Waals surface area contributed by atoms with Crippen LogP contribution in [0.4, 0.5) is 31.1 Å². The highest BCUT2D eigenvalue weighted by Crippen LogP contribution is 2.24. The topological polar surface area (TPSA) is 634 Å². The Morgan fingerprint density at radius 2 is 1.12 bits per heavy atom. The maximum absolute atomic E-state index is 15.8. The predicted octanol–water partition coefficient (Wildman–Crippen LogP) is -2.74. The van der Waals surface area contributed by atoms with Crippen molar-refractivity contribution in [3.05, 3.63) is 65.5 Å². The highest BCUT2D eigenvalue weighted by Gasteiger charge is 2.45. The second kappa shape index (κ2) is 47.1. The van der Waals surface area contributed by atoms with E-state index in [1.165, 1.54) is 50.2 Å². The summed E-state index contributed by atoms with van der Waals surface area (Å²) >= 11 is 0. The van der Waals surface area contributed by atoms with Crippen molar-refractivity contribution in [1.29, 1.82) is 0 Å². The van der Waals surface area contributed by atoms with E-state index < -0.39 is 234 Å². The molecule has 0 aliphatic carbocycles. The van der Waals surface area contributed by atoms with Gasteiger partial charge in [-0.1, -0.05) is 105 Å². The van der Waals surface area contributed by atoms with Crippen molar-refractivity contribution >= 4 is 94.9 Å². The first-order valence-corrected chi connectivity index (χ1v) is 36.2. The summed E-state index contributed by atoms with van der Waals surface area (Å²) in [5.74, 6) is -22.7. The lowest BCUT2D eigenvalue weighted by Gasteiger charge is -2.34.